The van der Waals surface area contributed by atoms with Crippen LogP contribution in [0.15, 0.2) is 28.9 Å². The van der Waals surface area contributed by atoms with E-state index in [1.54, 1.807) is 0 Å². The SMILES string of the molecule is CC1(C)CN(c2nc(N)ncc2F)c2cc(Br)ccc21. The van der Waals surface area contributed by atoms with Gasteiger partial charge in [-0.2, -0.15) is 4.98 Å². The van der Waals surface area contributed by atoms with E-state index >= 15 is 0 Å². The molecule has 0 aliphatic carbocycles. The monoisotopic (exact) mass is 336 g/mol. The van der Waals surface area contributed by atoms with Gasteiger partial charge in [-0.15, -0.1) is 0 Å². The average Bonchev–Trinajstić information content (AvgIpc) is 2.64. The lowest BCUT2D eigenvalue weighted by Crippen LogP contribution is -2.26. The molecule has 2 N–H and O–H groups in total. The van der Waals surface area contributed by atoms with Crippen molar-refractivity contribution in [2.24, 2.45) is 0 Å². The van der Waals surface area contributed by atoms with E-state index in [1.165, 1.54) is 0 Å². The van der Waals surface area contributed by atoms with Crippen LogP contribution < -0.4 is 10.6 Å². The molecule has 0 saturated carbocycles. The molecule has 0 unspecified atom stereocenters. The topological polar surface area (TPSA) is 55.0 Å². The van der Waals surface area contributed by atoms with Crippen molar-refractivity contribution >= 4 is 33.4 Å². The first-order valence-electron chi connectivity index (χ1n) is 6.24. The van der Waals surface area contributed by atoms with Crippen LogP contribution >= 0.6 is 15.9 Å². The van der Waals surface area contributed by atoms with Crippen molar-refractivity contribution < 1.29 is 4.39 Å². The fourth-order valence-electron chi connectivity index (χ4n) is 2.62. The highest BCUT2D eigenvalue weighted by Crippen LogP contribution is 2.45. The predicted molar refractivity (Wildman–Crippen MR) is 80.6 cm³/mol. The highest BCUT2D eigenvalue weighted by molar-refractivity contribution is 9.10. The van der Waals surface area contributed by atoms with Crippen LogP contribution in [0.4, 0.5) is 21.8 Å². The van der Waals surface area contributed by atoms with Crippen LogP contribution in [0.3, 0.4) is 0 Å². The van der Waals surface area contributed by atoms with E-state index in [1.807, 2.05) is 17.0 Å². The number of fused-ring (bicyclic) bond motifs is 1. The number of nitrogens with zero attached hydrogens (tertiary/aromatic N) is 3. The summed E-state index contributed by atoms with van der Waals surface area (Å²) in [6.07, 6.45) is 1.11. The summed E-state index contributed by atoms with van der Waals surface area (Å²) in [5.74, 6) is -0.173. The van der Waals surface area contributed by atoms with Crippen molar-refractivity contribution in [1.29, 1.82) is 0 Å². The molecule has 1 aromatic heterocycles. The van der Waals surface area contributed by atoms with Crippen LogP contribution in [0.5, 0.6) is 0 Å². The number of nitrogens with two attached hydrogens (primary N) is 1. The lowest BCUT2D eigenvalue weighted by molar-refractivity contribution is 0.558. The number of aromatic nitrogens is 2. The minimum Gasteiger partial charge on any atom is -0.368 e. The van der Waals surface area contributed by atoms with Crippen LogP contribution in [0, 0.1) is 5.82 Å². The minimum atomic E-state index is -0.470. The normalized spacial score (nSPS) is 16.3. The van der Waals surface area contributed by atoms with Gasteiger partial charge in [0.15, 0.2) is 11.6 Å². The van der Waals surface area contributed by atoms with Crippen LogP contribution in [-0.2, 0) is 5.41 Å². The second kappa shape index (κ2) is 4.41. The van der Waals surface area contributed by atoms with Crippen LogP contribution in [0.2, 0.25) is 0 Å². The highest BCUT2D eigenvalue weighted by atomic mass is 79.9. The lowest BCUT2D eigenvalue weighted by Gasteiger charge is -2.21. The molecule has 3 rings (SSSR count). The Labute approximate surface area is 125 Å². The number of hydrogen-bond acceptors (Lipinski definition) is 4. The molecule has 6 heteroatoms. The zero-order chi connectivity index (χ0) is 14.5. The molecule has 0 spiro atoms. The van der Waals surface area contributed by atoms with Gasteiger partial charge >= 0.3 is 0 Å². The van der Waals surface area contributed by atoms with Crippen LogP contribution in [0.1, 0.15) is 19.4 Å². The van der Waals surface area contributed by atoms with Crippen molar-refractivity contribution in [3.63, 3.8) is 0 Å². The molecular weight excluding hydrogens is 323 g/mol. The van der Waals surface area contributed by atoms with Crippen molar-refractivity contribution in [2.45, 2.75) is 19.3 Å². The Hall–Kier alpha value is -1.69. The Balaban J connectivity index is 2.18. The largest absolute Gasteiger partial charge is 0.368 e. The molecule has 2 heterocycles. The maximum atomic E-state index is 14.0. The van der Waals surface area contributed by atoms with E-state index < -0.39 is 5.82 Å². The predicted octanol–water partition coefficient (Wildman–Crippen LogP) is 3.39. The first-order valence-corrected chi connectivity index (χ1v) is 7.03. The van der Waals surface area contributed by atoms with Gasteiger partial charge < -0.3 is 10.6 Å². The lowest BCUT2D eigenvalue weighted by atomic mass is 9.87. The quantitative estimate of drug-likeness (QED) is 0.867. The van der Waals surface area contributed by atoms with Crippen LogP contribution in [-0.4, -0.2) is 16.5 Å². The first kappa shape index (κ1) is 13.3. The summed E-state index contributed by atoms with van der Waals surface area (Å²) in [5.41, 5.74) is 7.62. The summed E-state index contributed by atoms with van der Waals surface area (Å²) in [6.45, 7) is 4.90. The van der Waals surface area contributed by atoms with Gasteiger partial charge in [0.25, 0.3) is 0 Å². The molecule has 2 aromatic rings. The molecule has 20 heavy (non-hydrogen) atoms. The third-order valence-electron chi connectivity index (χ3n) is 3.53. The third kappa shape index (κ3) is 2.04. The Morgan fingerprint density at radius 3 is 2.90 bits per heavy atom. The van der Waals surface area contributed by atoms with E-state index in [-0.39, 0.29) is 17.2 Å². The number of hydrogen-bond donors (Lipinski definition) is 1. The summed E-state index contributed by atoms with van der Waals surface area (Å²) in [4.78, 5) is 9.58. The molecule has 0 fully saturated rings. The second-order valence-corrected chi connectivity index (χ2v) is 6.45. The number of benzene rings is 1. The van der Waals surface area contributed by atoms with Gasteiger partial charge in [0.2, 0.25) is 5.95 Å². The van der Waals surface area contributed by atoms with Gasteiger partial charge in [0, 0.05) is 22.1 Å². The number of rotatable bonds is 1. The molecule has 0 bridgehead atoms. The molecular formula is C14H14BrFN4. The molecule has 1 aliphatic heterocycles. The summed E-state index contributed by atoms with van der Waals surface area (Å²) < 4.78 is 15.0. The molecule has 0 saturated heterocycles. The maximum absolute atomic E-state index is 14.0. The molecule has 1 aliphatic rings. The molecule has 4 nitrogen and oxygen atoms in total. The summed E-state index contributed by atoms with van der Waals surface area (Å²) in [6, 6.07) is 6.03. The van der Waals surface area contributed by atoms with E-state index in [4.69, 9.17) is 5.73 Å². The van der Waals surface area contributed by atoms with Gasteiger partial charge in [-0.25, -0.2) is 9.37 Å². The van der Waals surface area contributed by atoms with Gasteiger partial charge in [-0.3, -0.25) is 0 Å². The van der Waals surface area contributed by atoms with E-state index in [0.29, 0.717) is 6.54 Å². The smallest absolute Gasteiger partial charge is 0.222 e. The standard InChI is InChI=1S/C14H14BrFN4/c1-14(2)7-20(11-5-8(15)3-4-9(11)14)12-10(16)6-18-13(17)19-12/h3-6H,7H2,1-2H3,(H2,17,18,19). The zero-order valence-corrected chi connectivity index (χ0v) is 12.8. The van der Waals surface area contributed by atoms with E-state index in [0.717, 1.165) is 21.9 Å². The zero-order valence-electron chi connectivity index (χ0n) is 11.2. The number of nitrogen functional groups attached to an aromatic ring is 1. The van der Waals surface area contributed by atoms with Gasteiger partial charge in [-0.05, 0) is 17.7 Å². The molecule has 0 atom stereocenters. The Kier molecular flexibility index (Phi) is 2.93. The van der Waals surface area contributed by atoms with Crippen molar-refractivity contribution in [2.75, 3.05) is 17.2 Å². The molecule has 1 aromatic carbocycles. The molecule has 0 amide bonds. The average molecular weight is 337 g/mol. The molecule has 104 valence electrons. The number of anilines is 3. The fourth-order valence-corrected chi connectivity index (χ4v) is 2.96. The first-order chi connectivity index (χ1) is 9.38. The van der Waals surface area contributed by atoms with Crippen molar-refractivity contribution in [3.05, 3.63) is 40.2 Å². The number of halogens is 2. The summed E-state index contributed by atoms with van der Waals surface area (Å²) >= 11 is 3.46. The van der Waals surface area contributed by atoms with E-state index in [9.17, 15) is 4.39 Å². The maximum Gasteiger partial charge on any atom is 0.222 e. The van der Waals surface area contributed by atoms with E-state index in [2.05, 4.69) is 45.8 Å². The van der Waals surface area contributed by atoms with Crippen molar-refractivity contribution in [3.8, 4) is 0 Å². The highest BCUT2D eigenvalue weighted by Gasteiger charge is 2.37. The minimum absolute atomic E-state index is 0.0719. The second-order valence-electron chi connectivity index (χ2n) is 5.53. The molecule has 0 radical (unpaired) electrons. The van der Waals surface area contributed by atoms with Gasteiger partial charge in [0.05, 0.1) is 6.20 Å². The van der Waals surface area contributed by atoms with Crippen LogP contribution in [0.25, 0.3) is 0 Å². The Bertz CT molecular complexity index is 687. The van der Waals surface area contributed by atoms with Gasteiger partial charge in [0.1, 0.15) is 0 Å². The fraction of sp³-hybridized carbons (Fsp3) is 0.286. The summed E-state index contributed by atoms with van der Waals surface area (Å²) in [7, 11) is 0. The third-order valence-corrected chi connectivity index (χ3v) is 4.03. The van der Waals surface area contributed by atoms with Gasteiger partial charge in [-0.1, -0.05) is 35.8 Å². The Morgan fingerprint density at radius 1 is 1.40 bits per heavy atom. The Morgan fingerprint density at radius 2 is 2.15 bits per heavy atom. The van der Waals surface area contributed by atoms with Crippen molar-refractivity contribution in [1.82, 2.24) is 9.97 Å². The summed E-state index contributed by atoms with van der Waals surface area (Å²) in [5, 5.41) is 0.